The van der Waals surface area contributed by atoms with Crippen molar-refractivity contribution in [1.29, 1.82) is 0 Å². The summed E-state index contributed by atoms with van der Waals surface area (Å²) in [6.45, 7) is 10.5. The third kappa shape index (κ3) is 6.48. The van der Waals surface area contributed by atoms with E-state index in [1.54, 1.807) is 12.1 Å². The number of rotatable bonds is 8. The van der Waals surface area contributed by atoms with E-state index in [0.717, 1.165) is 45.5 Å². The average molecular weight is 437 g/mol. The minimum atomic E-state index is -0.854. The first kappa shape index (κ1) is 24.7. The van der Waals surface area contributed by atoms with Gasteiger partial charge in [0.25, 0.3) is 0 Å². The molecule has 0 aliphatic heterocycles. The number of hydrogen-bond acceptors (Lipinski definition) is 6. The standard InChI is InChI=1S/C26H28O6/c1-15-9-19(5)21(11-17(15)3)23(27)13-31-25(29)7-8-26(30)32-14-24(28)22-12-18(4)16(2)10-20(22)6/h7-12H,13-14H2,1-6H3. The molecule has 168 valence electrons. The zero-order chi connectivity index (χ0) is 24.0. The van der Waals surface area contributed by atoms with Gasteiger partial charge in [0.15, 0.2) is 13.2 Å². The number of ether oxygens (including phenoxy) is 2. The lowest BCUT2D eigenvalue weighted by Gasteiger charge is -2.09. The van der Waals surface area contributed by atoms with Crippen LogP contribution in [0.1, 0.15) is 54.1 Å². The zero-order valence-electron chi connectivity index (χ0n) is 19.3. The van der Waals surface area contributed by atoms with Crippen LogP contribution in [0.4, 0.5) is 0 Å². The lowest BCUT2D eigenvalue weighted by molar-refractivity contribution is -0.139. The van der Waals surface area contributed by atoms with Crippen molar-refractivity contribution < 1.29 is 28.7 Å². The highest BCUT2D eigenvalue weighted by Gasteiger charge is 2.14. The molecule has 2 rings (SSSR count). The summed E-state index contributed by atoms with van der Waals surface area (Å²) in [6.07, 6.45) is 1.74. The van der Waals surface area contributed by atoms with Crippen molar-refractivity contribution in [2.24, 2.45) is 0 Å². The fourth-order valence-electron chi connectivity index (χ4n) is 3.18. The number of aryl methyl sites for hydroxylation is 6. The van der Waals surface area contributed by atoms with E-state index in [1.165, 1.54) is 0 Å². The highest BCUT2D eigenvalue weighted by Crippen LogP contribution is 2.17. The molecule has 2 aromatic rings. The topological polar surface area (TPSA) is 86.7 Å². The van der Waals surface area contributed by atoms with Gasteiger partial charge in [-0.2, -0.15) is 0 Å². The van der Waals surface area contributed by atoms with Crippen LogP contribution < -0.4 is 0 Å². The molecule has 0 bridgehead atoms. The van der Waals surface area contributed by atoms with E-state index >= 15 is 0 Å². The largest absolute Gasteiger partial charge is 0.454 e. The van der Waals surface area contributed by atoms with Crippen LogP contribution in [0.15, 0.2) is 36.4 Å². The van der Waals surface area contributed by atoms with E-state index < -0.39 is 25.2 Å². The Labute approximate surface area is 188 Å². The van der Waals surface area contributed by atoms with Gasteiger partial charge in [0.1, 0.15) is 0 Å². The Kier molecular flexibility index (Phi) is 8.24. The van der Waals surface area contributed by atoms with Gasteiger partial charge in [0.2, 0.25) is 11.6 Å². The van der Waals surface area contributed by atoms with Crippen molar-refractivity contribution in [3.05, 3.63) is 80.9 Å². The Morgan fingerprint density at radius 3 is 1.22 bits per heavy atom. The van der Waals surface area contributed by atoms with E-state index in [9.17, 15) is 19.2 Å². The average Bonchev–Trinajstić information content (AvgIpc) is 2.73. The lowest BCUT2D eigenvalue weighted by atomic mass is 9.98. The number of Topliss-reactive ketones (excluding diaryl/α,β-unsaturated/α-hetero) is 2. The first-order valence-corrected chi connectivity index (χ1v) is 10.2. The molecule has 0 N–H and O–H groups in total. The van der Waals surface area contributed by atoms with Crippen LogP contribution in [0, 0.1) is 41.5 Å². The predicted molar refractivity (Wildman–Crippen MR) is 121 cm³/mol. The van der Waals surface area contributed by atoms with Crippen molar-refractivity contribution in [1.82, 2.24) is 0 Å². The van der Waals surface area contributed by atoms with Gasteiger partial charge in [0, 0.05) is 23.3 Å². The van der Waals surface area contributed by atoms with E-state index in [1.807, 2.05) is 53.7 Å². The van der Waals surface area contributed by atoms with Gasteiger partial charge in [0.05, 0.1) is 0 Å². The van der Waals surface area contributed by atoms with Gasteiger partial charge >= 0.3 is 11.9 Å². The zero-order valence-corrected chi connectivity index (χ0v) is 19.3. The summed E-state index contributed by atoms with van der Waals surface area (Å²) in [4.78, 5) is 48.3. The first-order valence-electron chi connectivity index (χ1n) is 10.2. The van der Waals surface area contributed by atoms with Crippen molar-refractivity contribution in [3.8, 4) is 0 Å². The van der Waals surface area contributed by atoms with Gasteiger partial charge < -0.3 is 9.47 Å². The second-order valence-electron chi connectivity index (χ2n) is 7.90. The first-order chi connectivity index (χ1) is 15.0. The molecule has 0 atom stereocenters. The monoisotopic (exact) mass is 436 g/mol. The summed E-state index contributed by atoms with van der Waals surface area (Å²) in [7, 11) is 0. The van der Waals surface area contributed by atoms with Gasteiger partial charge in [-0.1, -0.05) is 12.1 Å². The number of benzene rings is 2. The molecule has 2 aromatic carbocycles. The number of carbonyl (C=O) groups excluding carboxylic acids is 4. The molecule has 0 aromatic heterocycles. The molecule has 0 spiro atoms. The van der Waals surface area contributed by atoms with E-state index in [4.69, 9.17) is 9.47 Å². The number of hydrogen-bond donors (Lipinski definition) is 0. The third-order valence-corrected chi connectivity index (χ3v) is 5.33. The number of ketones is 2. The molecule has 0 aliphatic rings. The normalized spacial score (nSPS) is 10.8. The molecule has 0 radical (unpaired) electrons. The minimum absolute atomic E-state index is 0.329. The molecule has 0 amide bonds. The number of esters is 2. The summed E-state index contributed by atoms with van der Waals surface area (Å²) in [5, 5.41) is 0. The Hall–Kier alpha value is -3.54. The van der Waals surface area contributed by atoms with E-state index in [0.29, 0.717) is 11.1 Å². The van der Waals surface area contributed by atoms with E-state index in [2.05, 4.69) is 0 Å². The summed E-state index contributed by atoms with van der Waals surface area (Å²) in [6, 6.07) is 7.34. The molecule has 0 saturated heterocycles. The van der Waals surface area contributed by atoms with Crippen LogP contribution in [0.25, 0.3) is 0 Å². The molecular weight excluding hydrogens is 408 g/mol. The second kappa shape index (κ2) is 10.7. The lowest BCUT2D eigenvalue weighted by Crippen LogP contribution is -2.16. The maximum Gasteiger partial charge on any atom is 0.331 e. The molecule has 6 heteroatoms. The molecule has 0 fully saturated rings. The quantitative estimate of drug-likeness (QED) is 0.349. The Morgan fingerprint density at radius 1 is 0.562 bits per heavy atom. The van der Waals surface area contributed by atoms with Crippen molar-refractivity contribution in [2.45, 2.75) is 41.5 Å². The fourth-order valence-corrected chi connectivity index (χ4v) is 3.18. The highest BCUT2D eigenvalue weighted by molar-refractivity contribution is 6.01. The molecule has 32 heavy (non-hydrogen) atoms. The molecule has 0 aliphatic carbocycles. The summed E-state index contributed by atoms with van der Waals surface area (Å²) >= 11 is 0. The second-order valence-corrected chi connectivity index (χ2v) is 7.90. The van der Waals surface area contributed by atoms with Crippen LogP contribution in [-0.4, -0.2) is 36.7 Å². The SMILES string of the molecule is Cc1cc(C)c(C(=O)COC(=O)C=CC(=O)OCC(=O)c2cc(C)c(C)cc2C)cc1C. The predicted octanol–water partition coefficient (Wildman–Crippen LogP) is 4.25. The van der Waals surface area contributed by atoms with Crippen LogP contribution in [-0.2, 0) is 19.1 Å². The highest BCUT2D eigenvalue weighted by atomic mass is 16.5. The third-order valence-electron chi connectivity index (χ3n) is 5.33. The summed E-state index contributed by atoms with van der Waals surface area (Å²) in [5.74, 6) is -2.37. The van der Waals surface area contributed by atoms with Crippen molar-refractivity contribution in [3.63, 3.8) is 0 Å². The minimum Gasteiger partial charge on any atom is -0.454 e. The maximum absolute atomic E-state index is 12.3. The Bertz CT molecular complexity index is 1020. The van der Waals surface area contributed by atoms with Gasteiger partial charge in [-0.3, -0.25) is 9.59 Å². The summed E-state index contributed by atoms with van der Waals surface area (Å²) in [5.41, 5.74) is 6.67. The smallest absolute Gasteiger partial charge is 0.331 e. The number of carbonyl (C=O) groups is 4. The molecule has 6 nitrogen and oxygen atoms in total. The summed E-state index contributed by atoms with van der Waals surface area (Å²) < 4.78 is 9.84. The van der Waals surface area contributed by atoms with Crippen LogP contribution in [0.2, 0.25) is 0 Å². The maximum atomic E-state index is 12.3. The van der Waals surface area contributed by atoms with Gasteiger partial charge in [-0.05, 0) is 87.1 Å². The molecule has 0 unspecified atom stereocenters. The molecule has 0 heterocycles. The fraction of sp³-hybridized carbons (Fsp3) is 0.308. The van der Waals surface area contributed by atoms with Crippen molar-refractivity contribution >= 4 is 23.5 Å². The van der Waals surface area contributed by atoms with Crippen LogP contribution in [0.5, 0.6) is 0 Å². The Morgan fingerprint density at radius 2 is 0.875 bits per heavy atom. The van der Waals surface area contributed by atoms with E-state index in [-0.39, 0.29) is 11.6 Å². The molecular formula is C26H28O6. The van der Waals surface area contributed by atoms with Gasteiger partial charge in [-0.15, -0.1) is 0 Å². The van der Waals surface area contributed by atoms with Crippen LogP contribution >= 0.6 is 0 Å². The van der Waals surface area contributed by atoms with Gasteiger partial charge in [-0.25, -0.2) is 9.59 Å². The Balaban J connectivity index is 1.85. The van der Waals surface area contributed by atoms with Crippen molar-refractivity contribution in [2.75, 3.05) is 13.2 Å². The molecule has 0 saturated carbocycles. The van der Waals surface area contributed by atoms with Crippen LogP contribution in [0.3, 0.4) is 0 Å².